The summed E-state index contributed by atoms with van der Waals surface area (Å²) in [5.74, 6) is 1.69. The number of aromatic nitrogens is 2. The van der Waals surface area contributed by atoms with Crippen molar-refractivity contribution < 1.29 is 14.3 Å². The normalized spacial score (nSPS) is 11.9. The molecule has 0 atom stereocenters. The van der Waals surface area contributed by atoms with E-state index < -0.39 is 5.97 Å². The van der Waals surface area contributed by atoms with E-state index in [4.69, 9.17) is 14.5 Å². The third-order valence-electron chi connectivity index (χ3n) is 5.62. The number of carbonyl (C=O) groups is 1. The molecule has 6 heteroatoms. The molecule has 0 unspecified atom stereocenters. The summed E-state index contributed by atoms with van der Waals surface area (Å²) in [6.45, 7) is 11.2. The van der Waals surface area contributed by atoms with E-state index in [1.807, 2.05) is 36.5 Å². The fourth-order valence-electron chi connectivity index (χ4n) is 4.58. The van der Waals surface area contributed by atoms with E-state index in [1.165, 1.54) is 0 Å². The van der Waals surface area contributed by atoms with Crippen molar-refractivity contribution in [2.75, 3.05) is 12.4 Å². The number of esters is 1. The summed E-state index contributed by atoms with van der Waals surface area (Å²) in [5.41, 5.74) is 3.15. The zero-order valence-corrected chi connectivity index (χ0v) is 21.3. The van der Waals surface area contributed by atoms with E-state index in [0.717, 1.165) is 29.1 Å². The van der Waals surface area contributed by atoms with Crippen molar-refractivity contribution in [1.29, 1.82) is 0 Å². The molecule has 0 amide bonds. The lowest BCUT2D eigenvalue weighted by molar-refractivity contribution is 0.0734. The van der Waals surface area contributed by atoms with Crippen molar-refractivity contribution in [3.8, 4) is 22.8 Å². The SMILES string of the molecule is COc1ccc(C(=O)Oc2ccc(-c3nc4ccccn4c3NC(C)(C)CC(C)(C)C)cc2)cc1. The fraction of sp³-hybridized carbons (Fsp3) is 0.310. The van der Waals surface area contributed by atoms with Gasteiger partial charge in [-0.2, -0.15) is 0 Å². The predicted octanol–water partition coefficient (Wildman–Crippen LogP) is 6.86. The third kappa shape index (κ3) is 5.83. The number of hydrogen-bond acceptors (Lipinski definition) is 5. The molecule has 2 heterocycles. The third-order valence-corrected chi connectivity index (χ3v) is 5.62. The maximum absolute atomic E-state index is 12.5. The Balaban J connectivity index is 1.60. The first-order valence-electron chi connectivity index (χ1n) is 11.8. The second kappa shape index (κ2) is 9.45. The summed E-state index contributed by atoms with van der Waals surface area (Å²) < 4.78 is 12.8. The largest absolute Gasteiger partial charge is 0.497 e. The second-order valence-corrected chi connectivity index (χ2v) is 10.6. The molecule has 0 bridgehead atoms. The Morgan fingerprint density at radius 2 is 1.57 bits per heavy atom. The van der Waals surface area contributed by atoms with Crippen molar-refractivity contribution in [2.45, 2.75) is 46.6 Å². The summed E-state index contributed by atoms with van der Waals surface area (Å²) in [5, 5.41) is 3.75. The lowest BCUT2D eigenvalue weighted by Gasteiger charge is -2.34. The van der Waals surface area contributed by atoms with Gasteiger partial charge in [0.15, 0.2) is 0 Å². The van der Waals surface area contributed by atoms with Gasteiger partial charge < -0.3 is 14.8 Å². The zero-order chi connectivity index (χ0) is 25.2. The Bertz CT molecular complexity index is 1310. The van der Waals surface area contributed by atoms with Crippen LogP contribution in [0.25, 0.3) is 16.9 Å². The highest BCUT2D eigenvalue weighted by Crippen LogP contribution is 2.35. The van der Waals surface area contributed by atoms with Crippen molar-refractivity contribution >= 4 is 17.4 Å². The van der Waals surface area contributed by atoms with Crippen LogP contribution in [0.1, 0.15) is 51.4 Å². The summed E-state index contributed by atoms with van der Waals surface area (Å²) in [7, 11) is 1.59. The van der Waals surface area contributed by atoms with Crippen LogP contribution < -0.4 is 14.8 Å². The van der Waals surface area contributed by atoms with Crippen molar-refractivity contribution in [3.05, 3.63) is 78.5 Å². The number of rotatable bonds is 7. The van der Waals surface area contributed by atoms with E-state index in [9.17, 15) is 4.79 Å². The Morgan fingerprint density at radius 1 is 0.914 bits per heavy atom. The van der Waals surface area contributed by atoms with Gasteiger partial charge in [0.25, 0.3) is 0 Å². The molecule has 6 nitrogen and oxygen atoms in total. The summed E-state index contributed by atoms with van der Waals surface area (Å²) in [6.07, 6.45) is 3.01. The number of hydrogen-bond donors (Lipinski definition) is 1. The molecule has 0 saturated carbocycles. The van der Waals surface area contributed by atoms with E-state index in [0.29, 0.717) is 17.1 Å². The molecule has 0 saturated heterocycles. The number of ether oxygens (including phenoxy) is 2. The average Bonchev–Trinajstić information content (AvgIpc) is 3.15. The molecule has 182 valence electrons. The highest BCUT2D eigenvalue weighted by Gasteiger charge is 2.28. The molecule has 2 aromatic heterocycles. The van der Waals surface area contributed by atoms with Gasteiger partial charge in [-0.25, -0.2) is 9.78 Å². The minimum absolute atomic E-state index is 0.146. The Kier molecular flexibility index (Phi) is 6.57. The van der Waals surface area contributed by atoms with Crippen molar-refractivity contribution in [2.24, 2.45) is 5.41 Å². The minimum Gasteiger partial charge on any atom is -0.497 e. The molecule has 4 aromatic rings. The molecule has 0 aliphatic heterocycles. The number of benzene rings is 2. The molecule has 1 N–H and O–H groups in total. The van der Waals surface area contributed by atoms with Gasteiger partial charge in [-0.3, -0.25) is 4.40 Å². The van der Waals surface area contributed by atoms with Crippen LogP contribution in [0, 0.1) is 5.41 Å². The molecule has 4 rings (SSSR count). The average molecular weight is 472 g/mol. The van der Waals surface area contributed by atoms with Crippen LogP contribution in [0.5, 0.6) is 11.5 Å². The standard InChI is InChI=1S/C29H33N3O3/c1-28(2,3)19-29(4,5)31-26-25(30-24-9-7-8-18-32(24)26)20-10-16-23(17-11-20)35-27(33)21-12-14-22(34-6)15-13-21/h7-18,31H,19H2,1-6H3. The van der Waals surface area contributed by atoms with Gasteiger partial charge in [0.1, 0.15) is 28.7 Å². The number of pyridine rings is 1. The van der Waals surface area contributed by atoms with Gasteiger partial charge in [-0.15, -0.1) is 0 Å². The molecular weight excluding hydrogens is 438 g/mol. The first kappa shape index (κ1) is 24.3. The van der Waals surface area contributed by atoms with Gasteiger partial charge in [0, 0.05) is 17.3 Å². The summed E-state index contributed by atoms with van der Waals surface area (Å²) >= 11 is 0. The lowest BCUT2D eigenvalue weighted by Crippen LogP contribution is -2.36. The summed E-state index contributed by atoms with van der Waals surface area (Å²) in [6, 6.07) is 20.3. The Morgan fingerprint density at radius 3 is 2.20 bits per heavy atom. The number of methoxy groups -OCH3 is 1. The van der Waals surface area contributed by atoms with Crippen LogP contribution >= 0.6 is 0 Å². The first-order valence-corrected chi connectivity index (χ1v) is 11.8. The highest BCUT2D eigenvalue weighted by atomic mass is 16.5. The van der Waals surface area contributed by atoms with E-state index in [2.05, 4.69) is 44.3 Å². The number of imidazole rings is 1. The van der Waals surface area contributed by atoms with Crippen LogP contribution in [0.4, 0.5) is 5.82 Å². The van der Waals surface area contributed by atoms with Crippen LogP contribution in [0.3, 0.4) is 0 Å². The topological polar surface area (TPSA) is 64.9 Å². The van der Waals surface area contributed by atoms with E-state index in [-0.39, 0.29) is 11.0 Å². The summed E-state index contributed by atoms with van der Waals surface area (Å²) in [4.78, 5) is 17.4. The zero-order valence-electron chi connectivity index (χ0n) is 21.3. The van der Waals surface area contributed by atoms with Crippen LogP contribution in [-0.2, 0) is 0 Å². The van der Waals surface area contributed by atoms with E-state index >= 15 is 0 Å². The van der Waals surface area contributed by atoms with Crippen LogP contribution in [0.15, 0.2) is 72.9 Å². The maximum atomic E-state index is 12.5. The van der Waals surface area contributed by atoms with Gasteiger partial charge in [0.05, 0.1) is 12.7 Å². The van der Waals surface area contributed by atoms with Crippen molar-refractivity contribution in [3.63, 3.8) is 0 Å². The molecule has 0 radical (unpaired) electrons. The van der Waals surface area contributed by atoms with Crippen molar-refractivity contribution in [1.82, 2.24) is 9.38 Å². The smallest absolute Gasteiger partial charge is 0.343 e. The van der Waals surface area contributed by atoms with Crippen LogP contribution in [0.2, 0.25) is 0 Å². The molecule has 2 aromatic carbocycles. The molecule has 0 aliphatic carbocycles. The Labute approximate surface area is 206 Å². The van der Waals surface area contributed by atoms with Gasteiger partial charge >= 0.3 is 5.97 Å². The quantitative estimate of drug-likeness (QED) is 0.236. The molecule has 35 heavy (non-hydrogen) atoms. The van der Waals surface area contributed by atoms with E-state index in [1.54, 1.807) is 43.5 Å². The number of carbonyl (C=O) groups excluding carboxylic acids is 1. The number of anilines is 1. The lowest BCUT2D eigenvalue weighted by atomic mass is 9.82. The highest BCUT2D eigenvalue weighted by molar-refractivity contribution is 5.91. The van der Waals surface area contributed by atoms with Gasteiger partial charge in [-0.1, -0.05) is 26.8 Å². The maximum Gasteiger partial charge on any atom is 0.343 e. The monoisotopic (exact) mass is 471 g/mol. The van der Waals surface area contributed by atoms with Gasteiger partial charge in [-0.05, 0) is 86.3 Å². The minimum atomic E-state index is -0.417. The number of nitrogens with zero attached hydrogens (tertiary/aromatic N) is 2. The Hall–Kier alpha value is -3.80. The first-order chi connectivity index (χ1) is 16.5. The molecule has 0 aliphatic rings. The van der Waals surface area contributed by atoms with Crippen LogP contribution in [-0.4, -0.2) is 28.0 Å². The number of fused-ring (bicyclic) bond motifs is 1. The molecular formula is C29H33N3O3. The fourth-order valence-corrected chi connectivity index (χ4v) is 4.58. The number of nitrogens with one attached hydrogen (secondary N) is 1. The predicted molar refractivity (Wildman–Crippen MR) is 140 cm³/mol. The second-order valence-electron chi connectivity index (χ2n) is 10.6. The molecule has 0 fully saturated rings. The van der Waals surface area contributed by atoms with Gasteiger partial charge in [0.2, 0.25) is 0 Å². The molecule has 0 spiro atoms.